The van der Waals surface area contributed by atoms with Crippen molar-refractivity contribution in [3.63, 3.8) is 0 Å². The van der Waals surface area contributed by atoms with Gasteiger partial charge in [0.15, 0.2) is 0 Å². The van der Waals surface area contributed by atoms with E-state index in [1.165, 1.54) is 13.1 Å². The number of hydrogen-bond donors (Lipinski definition) is 1. The van der Waals surface area contributed by atoms with Crippen LogP contribution in [0.4, 0.5) is 13.2 Å². The highest BCUT2D eigenvalue weighted by Crippen LogP contribution is 2.37. The number of likely N-dealkylation sites (tertiary alicyclic amines) is 1. The Morgan fingerprint density at radius 1 is 1.29 bits per heavy atom. The zero-order valence-electron chi connectivity index (χ0n) is 17.6. The molecule has 7 nitrogen and oxygen atoms in total. The lowest BCUT2D eigenvalue weighted by Gasteiger charge is -2.49. The van der Waals surface area contributed by atoms with Gasteiger partial charge in [0.1, 0.15) is 17.8 Å². The molecule has 0 spiro atoms. The lowest BCUT2D eigenvalue weighted by molar-refractivity contribution is 0.00868. The van der Waals surface area contributed by atoms with Crippen LogP contribution in [0.25, 0.3) is 0 Å². The maximum atomic E-state index is 14.6. The smallest absolute Gasteiger partial charge is 0.250 e. The highest BCUT2D eigenvalue weighted by molar-refractivity contribution is 7.89. The second-order valence-corrected chi connectivity index (χ2v) is 10.7. The van der Waals surface area contributed by atoms with Crippen LogP contribution in [0.1, 0.15) is 31.0 Å². The Balaban J connectivity index is 1.51. The van der Waals surface area contributed by atoms with Gasteiger partial charge in [0.25, 0.3) is 10.0 Å². The summed E-state index contributed by atoms with van der Waals surface area (Å²) in [4.78, 5) is 4.00. The lowest BCUT2D eigenvalue weighted by Crippen LogP contribution is -2.63. The molecular formula is C20H28F3N5O2S. The van der Waals surface area contributed by atoms with E-state index in [9.17, 15) is 21.6 Å². The fraction of sp³-hybridized carbons (Fsp3) is 0.650. The summed E-state index contributed by atoms with van der Waals surface area (Å²) in [5, 5.41) is 4.18. The monoisotopic (exact) mass is 459 g/mol. The molecule has 1 saturated heterocycles. The Morgan fingerprint density at radius 2 is 2.03 bits per heavy atom. The predicted octanol–water partition coefficient (Wildman–Crippen LogP) is 1.86. The van der Waals surface area contributed by atoms with E-state index in [0.29, 0.717) is 31.7 Å². The molecule has 5 atom stereocenters. The molecule has 4 rings (SSSR count). The van der Waals surface area contributed by atoms with Gasteiger partial charge in [0.2, 0.25) is 0 Å². The molecule has 2 aliphatic heterocycles. The van der Waals surface area contributed by atoms with E-state index in [-0.39, 0.29) is 19.0 Å². The van der Waals surface area contributed by atoms with Crippen molar-refractivity contribution >= 4 is 10.0 Å². The average molecular weight is 460 g/mol. The van der Waals surface area contributed by atoms with Gasteiger partial charge in [-0.2, -0.15) is 9.19 Å². The van der Waals surface area contributed by atoms with Gasteiger partial charge >= 0.3 is 0 Å². The largest absolute Gasteiger partial charge is 0.326 e. The number of hydrogen-bond acceptors (Lipinski definition) is 6. The summed E-state index contributed by atoms with van der Waals surface area (Å²) in [6.07, 6.45) is 4.22. The Bertz CT molecular complexity index is 983. The predicted molar refractivity (Wildman–Crippen MR) is 111 cm³/mol. The first kappa shape index (κ1) is 22.5. The lowest BCUT2D eigenvalue weighted by atomic mass is 9.80. The first-order chi connectivity index (χ1) is 14.5. The van der Waals surface area contributed by atoms with E-state index in [1.807, 2.05) is 4.90 Å². The molecule has 0 radical (unpaired) electrons. The Labute approximate surface area is 180 Å². The third kappa shape index (κ3) is 4.59. The summed E-state index contributed by atoms with van der Waals surface area (Å²) in [6.45, 7) is 2.98. The molecule has 2 N–H and O–H groups in total. The molecule has 3 unspecified atom stereocenters. The zero-order valence-corrected chi connectivity index (χ0v) is 18.4. The molecule has 0 aromatic carbocycles. The summed E-state index contributed by atoms with van der Waals surface area (Å²) in [5.41, 5.74) is 8.01. The number of fused-ring (bicyclic) bond motifs is 1. The van der Waals surface area contributed by atoms with Crippen molar-refractivity contribution in [1.29, 1.82) is 0 Å². The van der Waals surface area contributed by atoms with Gasteiger partial charge in [-0.15, -0.1) is 0 Å². The van der Waals surface area contributed by atoms with Gasteiger partial charge in [-0.3, -0.25) is 9.80 Å². The average Bonchev–Trinajstić information content (AvgIpc) is 3.22. The first-order valence-electron chi connectivity index (χ1n) is 10.4. The van der Waals surface area contributed by atoms with Gasteiger partial charge in [-0.05, 0) is 25.5 Å². The van der Waals surface area contributed by atoms with Crippen LogP contribution in [0, 0.1) is 5.92 Å². The molecule has 1 aliphatic carbocycles. The summed E-state index contributed by atoms with van der Waals surface area (Å²) >= 11 is 0. The highest BCUT2D eigenvalue weighted by Gasteiger charge is 2.44. The highest BCUT2D eigenvalue weighted by atomic mass is 32.2. The van der Waals surface area contributed by atoms with Crippen LogP contribution in [-0.2, 0) is 23.1 Å². The third-order valence-electron chi connectivity index (χ3n) is 6.38. The van der Waals surface area contributed by atoms with Crippen molar-refractivity contribution in [2.75, 3.05) is 19.3 Å². The maximum absolute atomic E-state index is 14.6. The summed E-state index contributed by atoms with van der Waals surface area (Å²) in [7, 11) is -3.44. The Morgan fingerprint density at radius 3 is 2.68 bits per heavy atom. The topological polar surface area (TPSA) is 84.5 Å². The summed E-state index contributed by atoms with van der Waals surface area (Å²) < 4.78 is 66.8. The van der Waals surface area contributed by atoms with Crippen molar-refractivity contribution in [1.82, 2.24) is 19.0 Å². The SMILES string of the molecule is C[C@@H](F)CN1CC(N2Cc3cn(S(C)(=O)=O)nc3C2)CC(N)[C@H]1C1CC(F)=CC=C1F. The molecule has 1 fully saturated rings. The van der Waals surface area contributed by atoms with Gasteiger partial charge in [-0.1, -0.05) is 0 Å². The number of rotatable bonds is 5. The van der Waals surface area contributed by atoms with Crippen molar-refractivity contribution in [2.45, 2.75) is 57.2 Å². The normalized spacial score (nSPS) is 31.3. The summed E-state index contributed by atoms with van der Waals surface area (Å²) in [6, 6.07) is -0.983. The molecule has 11 heteroatoms. The minimum Gasteiger partial charge on any atom is -0.326 e. The van der Waals surface area contributed by atoms with Crippen LogP contribution in [-0.4, -0.2) is 71.0 Å². The van der Waals surface area contributed by atoms with Gasteiger partial charge in [0.05, 0.1) is 11.9 Å². The van der Waals surface area contributed by atoms with Crippen LogP contribution in [0.3, 0.4) is 0 Å². The zero-order chi connectivity index (χ0) is 22.5. The quantitative estimate of drug-likeness (QED) is 0.724. The molecule has 3 heterocycles. The van der Waals surface area contributed by atoms with Gasteiger partial charge in [0, 0.05) is 68.4 Å². The number of allylic oxidation sites excluding steroid dienone is 3. The minimum atomic E-state index is -3.44. The molecule has 0 bridgehead atoms. The van der Waals surface area contributed by atoms with E-state index in [4.69, 9.17) is 5.73 Å². The fourth-order valence-electron chi connectivity index (χ4n) is 5.06. The molecule has 172 valence electrons. The van der Waals surface area contributed by atoms with E-state index < -0.39 is 45.9 Å². The van der Waals surface area contributed by atoms with E-state index >= 15 is 0 Å². The third-order valence-corrected chi connectivity index (χ3v) is 7.25. The first-order valence-corrected chi connectivity index (χ1v) is 12.2. The minimum absolute atomic E-state index is 0.0260. The molecule has 1 aromatic heterocycles. The van der Waals surface area contributed by atoms with E-state index in [0.717, 1.165) is 28.1 Å². The standard InChI is InChI=1S/C20H28F3N5O2S/c1-12(21)7-27-10-15(6-18(24)20(27)16-5-14(22)3-4-17(16)23)26-8-13-9-28(31(2,29)30)25-19(13)11-26/h3-4,9,12,15-16,18,20H,5-8,10-11,24H2,1-2H3/t12-,15?,16?,18?,20-/m1/s1. The van der Waals surface area contributed by atoms with Crippen molar-refractivity contribution in [3.8, 4) is 0 Å². The van der Waals surface area contributed by atoms with Crippen LogP contribution < -0.4 is 5.73 Å². The summed E-state index contributed by atoms with van der Waals surface area (Å²) in [5.74, 6) is -1.55. The molecule has 31 heavy (non-hydrogen) atoms. The van der Waals surface area contributed by atoms with Crippen LogP contribution >= 0.6 is 0 Å². The van der Waals surface area contributed by atoms with E-state index in [1.54, 1.807) is 0 Å². The number of nitrogens with two attached hydrogens (primary N) is 1. The van der Waals surface area contributed by atoms with Crippen LogP contribution in [0.2, 0.25) is 0 Å². The Kier molecular flexibility index (Phi) is 6.06. The molecular weight excluding hydrogens is 431 g/mol. The number of aromatic nitrogens is 2. The second kappa shape index (κ2) is 8.34. The van der Waals surface area contributed by atoms with Gasteiger partial charge in [-0.25, -0.2) is 21.6 Å². The number of halogens is 3. The fourth-order valence-corrected chi connectivity index (χ4v) is 5.63. The van der Waals surface area contributed by atoms with Crippen molar-refractivity contribution in [2.24, 2.45) is 11.7 Å². The number of nitrogens with zero attached hydrogens (tertiary/aromatic N) is 4. The molecule has 0 saturated carbocycles. The van der Waals surface area contributed by atoms with Crippen molar-refractivity contribution < 1.29 is 21.6 Å². The van der Waals surface area contributed by atoms with E-state index in [2.05, 4.69) is 10.00 Å². The number of piperidine rings is 1. The van der Waals surface area contributed by atoms with Crippen LogP contribution in [0.5, 0.6) is 0 Å². The van der Waals surface area contributed by atoms with Crippen molar-refractivity contribution in [3.05, 3.63) is 41.3 Å². The molecule has 3 aliphatic rings. The Hall–Kier alpha value is -1.69. The van der Waals surface area contributed by atoms with Crippen LogP contribution in [0.15, 0.2) is 30.0 Å². The molecule has 0 amide bonds. The maximum Gasteiger partial charge on any atom is 0.250 e. The van der Waals surface area contributed by atoms with Gasteiger partial charge < -0.3 is 5.73 Å². The molecule has 1 aromatic rings. The number of alkyl halides is 1. The second-order valence-electron chi connectivity index (χ2n) is 8.90.